The van der Waals surface area contributed by atoms with Gasteiger partial charge in [0.1, 0.15) is 6.54 Å². The number of rotatable bonds is 4. The van der Waals surface area contributed by atoms with Gasteiger partial charge in [0.05, 0.1) is 0 Å². The standard InChI is InChI=1S/C10H8BrF3N4S/c11-8-3-1-2-7(4-8)5-19-9-15-16-17-18(9)6-10(12,13)14/h1-4H,5-6H2. The molecule has 9 heteroatoms. The van der Waals surface area contributed by atoms with E-state index in [1.807, 2.05) is 24.3 Å². The lowest BCUT2D eigenvalue weighted by Gasteiger charge is -2.07. The summed E-state index contributed by atoms with van der Waals surface area (Å²) in [5, 5.41) is 10.3. The van der Waals surface area contributed by atoms with Crippen LogP contribution < -0.4 is 0 Å². The molecule has 0 N–H and O–H groups in total. The van der Waals surface area contributed by atoms with Gasteiger partial charge in [-0.15, -0.1) is 5.10 Å². The van der Waals surface area contributed by atoms with Crippen molar-refractivity contribution in [1.82, 2.24) is 20.2 Å². The van der Waals surface area contributed by atoms with Gasteiger partial charge in [0.25, 0.3) is 0 Å². The van der Waals surface area contributed by atoms with E-state index < -0.39 is 12.7 Å². The molecule has 0 aliphatic rings. The Kier molecular flexibility index (Phi) is 4.46. The number of tetrazole rings is 1. The molecule has 0 atom stereocenters. The van der Waals surface area contributed by atoms with Crippen molar-refractivity contribution in [1.29, 1.82) is 0 Å². The first kappa shape index (κ1) is 14.3. The molecule has 1 aromatic heterocycles. The fourth-order valence-electron chi connectivity index (χ4n) is 1.34. The fraction of sp³-hybridized carbons (Fsp3) is 0.300. The number of nitrogens with zero attached hydrogens (tertiary/aromatic N) is 4. The van der Waals surface area contributed by atoms with Crippen LogP contribution in [-0.4, -0.2) is 26.4 Å². The van der Waals surface area contributed by atoms with Crippen LogP contribution in [0.15, 0.2) is 33.9 Å². The average molecular weight is 353 g/mol. The summed E-state index contributed by atoms with van der Waals surface area (Å²) in [4.78, 5) is 0. The van der Waals surface area contributed by atoms with Gasteiger partial charge in [0, 0.05) is 10.2 Å². The molecular weight excluding hydrogens is 345 g/mol. The van der Waals surface area contributed by atoms with E-state index in [1.54, 1.807) is 0 Å². The van der Waals surface area contributed by atoms with E-state index in [0.29, 0.717) is 5.75 Å². The van der Waals surface area contributed by atoms with Gasteiger partial charge in [-0.3, -0.25) is 0 Å². The summed E-state index contributed by atoms with van der Waals surface area (Å²) in [6, 6.07) is 7.51. The second-order valence-corrected chi connectivity index (χ2v) is 5.51. The minimum atomic E-state index is -4.33. The monoisotopic (exact) mass is 352 g/mol. The molecule has 0 spiro atoms. The minimum Gasteiger partial charge on any atom is -0.211 e. The first-order valence-electron chi connectivity index (χ1n) is 5.14. The third kappa shape index (κ3) is 4.50. The Hall–Kier alpha value is -1.09. The van der Waals surface area contributed by atoms with Crippen LogP contribution in [0, 0.1) is 0 Å². The zero-order valence-electron chi connectivity index (χ0n) is 9.43. The highest BCUT2D eigenvalue weighted by molar-refractivity contribution is 9.10. The van der Waals surface area contributed by atoms with Crippen molar-refractivity contribution in [3.05, 3.63) is 34.3 Å². The quantitative estimate of drug-likeness (QED) is 0.792. The predicted octanol–water partition coefficient (Wildman–Crippen LogP) is 3.29. The lowest BCUT2D eigenvalue weighted by atomic mass is 10.2. The molecule has 0 amide bonds. The smallest absolute Gasteiger partial charge is 0.211 e. The Morgan fingerprint density at radius 2 is 2.11 bits per heavy atom. The maximum atomic E-state index is 12.3. The SMILES string of the molecule is FC(F)(F)Cn1nnnc1SCc1cccc(Br)c1. The Bertz CT molecular complexity index is 558. The lowest BCUT2D eigenvalue weighted by molar-refractivity contribution is -0.144. The normalized spacial score (nSPS) is 11.8. The Balaban J connectivity index is 2.02. The van der Waals surface area contributed by atoms with E-state index in [0.717, 1.165) is 26.5 Å². The van der Waals surface area contributed by atoms with E-state index in [1.165, 1.54) is 0 Å². The molecule has 0 saturated carbocycles. The molecule has 0 aliphatic carbocycles. The number of hydrogen-bond acceptors (Lipinski definition) is 4. The molecule has 4 nitrogen and oxygen atoms in total. The number of halogens is 4. The summed E-state index contributed by atoms with van der Waals surface area (Å²) in [6.07, 6.45) is -4.33. The molecule has 0 fully saturated rings. The first-order chi connectivity index (χ1) is 8.94. The van der Waals surface area contributed by atoms with E-state index in [2.05, 4.69) is 31.5 Å². The van der Waals surface area contributed by atoms with Crippen molar-refractivity contribution in [2.24, 2.45) is 0 Å². The van der Waals surface area contributed by atoms with E-state index in [9.17, 15) is 13.2 Å². The van der Waals surface area contributed by atoms with Crippen LogP contribution in [0.2, 0.25) is 0 Å². The Morgan fingerprint density at radius 3 is 2.79 bits per heavy atom. The van der Waals surface area contributed by atoms with E-state index >= 15 is 0 Å². The van der Waals surface area contributed by atoms with Crippen molar-refractivity contribution in [2.75, 3.05) is 0 Å². The summed E-state index contributed by atoms with van der Waals surface area (Å²) >= 11 is 4.49. The summed E-state index contributed by atoms with van der Waals surface area (Å²) in [7, 11) is 0. The lowest BCUT2D eigenvalue weighted by Crippen LogP contribution is -2.19. The van der Waals surface area contributed by atoms with Crippen LogP contribution >= 0.6 is 27.7 Å². The molecule has 2 rings (SSSR count). The molecule has 0 radical (unpaired) electrons. The van der Waals surface area contributed by atoms with Crippen LogP contribution in [0.25, 0.3) is 0 Å². The second-order valence-electron chi connectivity index (χ2n) is 3.65. The number of alkyl halides is 3. The minimum absolute atomic E-state index is 0.150. The van der Waals surface area contributed by atoms with Crippen molar-refractivity contribution >= 4 is 27.7 Å². The predicted molar refractivity (Wildman–Crippen MR) is 67.6 cm³/mol. The first-order valence-corrected chi connectivity index (χ1v) is 6.92. The average Bonchev–Trinajstić information content (AvgIpc) is 2.71. The number of hydrogen-bond donors (Lipinski definition) is 0. The molecule has 102 valence electrons. The molecule has 1 heterocycles. The molecule has 0 aliphatic heterocycles. The van der Waals surface area contributed by atoms with Crippen molar-refractivity contribution in [2.45, 2.75) is 23.6 Å². The summed E-state index contributed by atoms with van der Waals surface area (Å²) < 4.78 is 38.5. The zero-order chi connectivity index (χ0) is 13.9. The van der Waals surface area contributed by atoms with Crippen LogP contribution in [0.1, 0.15) is 5.56 Å². The van der Waals surface area contributed by atoms with Gasteiger partial charge in [-0.2, -0.15) is 13.2 Å². The number of aromatic nitrogens is 4. The van der Waals surface area contributed by atoms with E-state index in [-0.39, 0.29) is 5.16 Å². The molecule has 2 aromatic rings. The number of benzene rings is 1. The third-order valence-corrected chi connectivity index (χ3v) is 3.61. The van der Waals surface area contributed by atoms with Gasteiger partial charge in [-0.05, 0) is 28.1 Å². The van der Waals surface area contributed by atoms with Gasteiger partial charge >= 0.3 is 6.18 Å². The molecule has 0 saturated heterocycles. The second kappa shape index (κ2) is 5.91. The maximum Gasteiger partial charge on any atom is 0.408 e. The largest absolute Gasteiger partial charge is 0.408 e. The Labute approximate surface area is 119 Å². The molecule has 0 bridgehead atoms. The Morgan fingerprint density at radius 1 is 1.32 bits per heavy atom. The third-order valence-electron chi connectivity index (χ3n) is 2.09. The van der Waals surface area contributed by atoms with Gasteiger partial charge in [-0.1, -0.05) is 39.8 Å². The fourth-order valence-corrected chi connectivity index (χ4v) is 2.61. The van der Waals surface area contributed by atoms with Crippen LogP contribution in [0.4, 0.5) is 13.2 Å². The van der Waals surface area contributed by atoms with Gasteiger partial charge < -0.3 is 0 Å². The molecule has 1 aromatic carbocycles. The van der Waals surface area contributed by atoms with Crippen molar-refractivity contribution in [3.63, 3.8) is 0 Å². The van der Waals surface area contributed by atoms with Crippen LogP contribution in [0.3, 0.4) is 0 Å². The highest BCUT2D eigenvalue weighted by Crippen LogP contribution is 2.24. The number of thioether (sulfide) groups is 1. The highest BCUT2D eigenvalue weighted by atomic mass is 79.9. The van der Waals surface area contributed by atoms with Gasteiger partial charge in [-0.25, -0.2) is 4.68 Å². The summed E-state index contributed by atoms with van der Waals surface area (Å²) in [5.74, 6) is 0.498. The van der Waals surface area contributed by atoms with Crippen LogP contribution in [-0.2, 0) is 12.3 Å². The topological polar surface area (TPSA) is 43.6 Å². The van der Waals surface area contributed by atoms with Crippen molar-refractivity contribution in [3.8, 4) is 0 Å². The van der Waals surface area contributed by atoms with Crippen molar-refractivity contribution < 1.29 is 13.2 Å². The van der Waals surface area contributed by atoms with E-state index in [4.69, 9.17) is 0 Å². The van der Waals surface area contributed by atoms with Gasteiger partial charge in [0.15, 0.2) is 0 Å². The maximum absolute atomic E-state index is 12.3. The molecular formula is C10H8BrF3N4S. The zero-order valence-corrected chi connectivity index (χ0v) is 11.8. The highest BCUT2D eigenvalue weighted by Gasteiger charge is 2.30. The molecule has 0 unspecified atom stereocenters. The van der Waals surface area contributed by atoms with Crippen LogP contribution in [0.5, 0.6) is 0 Å². The molecule has 19 heavy (non-hydrogen) atoms. The van der Waals surface area contributed by atoms with Gasteiger partial charge in [0.2, 0.25) is 5.16 Å². The summed E-state index contributed by atoms with van der Waals surface area (Å²) in [5.41, 5.74) is 0.973. The summed E-state index contributed by atoms with van der Waals surface area (Å²) in [6.45, 7) is -1.18.